The molecule has 0 saturated heterocycles. The zero-order valence-electron chi connectivity index (χ0n) is 21.9. The Bertz CT molecular complexity index is 1230. The van der Waals surface area contributed by atoms with Crippen LogP contribution in [0.4, 0.5) is 5.69 Å². The zero-order valence-corrected chi connectivity index (χ0v) is 21.9. The van der Waals surface area contributed by atoms with Gasteiger partial charge in [-0.3, -0.25) is 4.79 Å². The third-order valence-corrected chi connectivity index (χ3v) is 6.49. The Morgan fingerprint density at radius 3 is 2.42 bits per heavy atom. The van der Waals surface area contributed by atoms with E-state index in [1.807, 2.05) is 26.0 Å². The summed E-state index contributed by atoms with van der Waals surface area (Å²) >= 11 is 0. The summed E-state index contributed by atoms with van der Waals surface area (Å²) in [6.07, 6.45) is 8.10. The van der Waals surface area contributed by atoms with E-state index in [9.17, 15) is 14.7 Å². The van der Waals surface area contributed by atoms with Crippen LogP contribution in [0.1, 0.15) is 59.2 Å². The van der Waals surface area contributed by atoms with Crippen molar-refractivity contribution in [1.82, 2.24) is 4.98 Å². The maximum Gasteiger partial charge on any atom is 0.337 e. The maximum absolute atomic E-state index is 12.4. The summed E-state index contributed by atoms with van der Waals surface area (Å²) in [5.74, 6) is 0.453. The molecule has 1 fully saturated rings. The molecule has 8 nitrogen and oxygen atoms in total. The van der Waals surface area contributed by atoms with Crippen LogP contribution in [0.5, 0.6) is 17.4 Å². The first kappa shape index (κ1) is 27.1. The normalized spacial score (nSPS) is 13.6. The van der Waals surface area contributed by atoms with Crippen molar-refractivity contribution in [3.63, 3.8) is 0 Å². The molecule has 0 bridgehead atoms. The van der Waals surface area contributed by atoms with Crippen LogP contribution in [0, 0.1) is 13.8 Å². The minimum Gasteiger partial charge on any atom is -0.491 e. The number of aromatic nitrogens is 1. The Balaban J connectivity index is 1.29. The number of anilines is 1. The Hall–Kier alpha value is -3.91. The van der Waals surface area contributed by atoms with E-state index in [1.54, 1.807) is 36.5 Å². The Labute approximate surface area is 223 Å². The summed E-state index contributed by atoms with van der Waals surface area (Å²) in [4.78, 5) is 28.1. The molecule has 2 aromatic carbocycles. The molecule has 8 heteroatoms. The lowest BCUT2D eigenvalue weighted by Crippen LogP contribution is -2.20. The predicted octanol–water partition coefficient (Wildman–Crippen LogP) is 6.10. The smallest absolute Gasteiger partial charge is 0.337 e. The molecule has 3 aromatic rings. The third-order valence-electron chi connectivity index (χ3n) is 6.49. The number of carbonyl (C=O) groups excluding carboxylic acids is 1. The number of hydrogen-bond donors (Lipinski definition) is 2. The fourth-order valence-electron chi connectivity index (χ4n) is 4.64. The molecule has 1 aromatic heterocycles. The number of hydrogen-bond acceptors (Lipinski definition) is 6. The van der Waals surface area contributed by atoms with Crippen molar-refractivity contribution in [3.8, 4) is 17.4 Å². The highest BCUT2D eigenvalue weighted by Crippen LogP contribution is 2.31. The number of para-hydroxylation sites is 1. The van der Waals surface area contributed by atoms with Crippen molar-refractivity contribution < 1.29 is 28.9 Å². The summed E-state index contributed by atoms with van der Waals surface area (Å²) < 4.78 is 17.9. The fourth-order valence-corrected chi connectivity index (χ4v) is 4.64. The first-order chi connectivity index (χ1) is 18.4. The molecule has 1 heterocycles. The SMILES string of the molecule is Cc1cc(Oc2ccc(CC(=O)Nc3ccccc3C(=O)O)cn2)cc(C)c1OCCOC1CCCCC1. The summed E-state index contributed by atoms with van der Waals surface area (Å²) in [5, 5.41) is 11.9. The van der Waals surface area contributed by atoms with Gasteiger partial charge in [-0.15, -0.1) is 0 Å². The van der Waals surface area contributed by atoms with Crippen molar-refractivity contribution in [2.75, 3.05) is 18.5 Å². The lowest BCUT2D eigenvalue weighted by atomic mass is 9.98. The lowest BCUT2D eigenvalue weighted by molar-refractivity contribution is -0.115. The Kier molecular flexibility index (Phi) is 9.32. The predicted molar refractivity (Wildman–Crippen MR) is 144 cm³/mol. The molecular weight excluding hydrogens is 484 g/mol. The number of carboxylic acids is 1. The van der Waals surface area contributed by atoms with Crippen LogP contribution in [0.25, 0.3) is 0 Å². The summed E-state index contributed by atoms with van der Waals surface area (Å²) in [6.45, 7) is 5.06. The molecule has 0 atom stereocenters. The number of ether oxygens (including phenoxy) is 3. The van der Waals surface area contributed by atoms with E-state index in [1.165, 1.54) is 25.3 Å². The number of amides is 1. The van der Waals surface area contributed by atoms with Crippen LogP contribution < -0.4 is 14.8 Å². The van der Waals surface area contributed by atoms with E-state index >= 15 is 0 Å². The van der Waals surface area contributed by atoms with Crippen LogP contribution >= 0.6 is 0 Å². The summed E-state index contributed by atoms with van der Waals surface area (Å²) in [6, 6.07) is 13.6. The summed E-state index contributed by atoms with van der Waals surface area (Å²) in [5.41, 5.74) is 2.90. The first-order valence-corrected chi connectivity index (χ1v) is 13.0. The molecule has 1 aliphatic rings. The average Bonchev–Trinajstić information content (AvgIpc) is 2.90. The van der Waals surface area contributed by atoms with E-state index in [2.05, 4.69) is 10.3 Å². The number of pyridine rings is 1. The van der Waals surface area contributed by atoms with Gasteiger partial charge in [0.25, 0.3) is 0 Å². The van der Waals surface area contributed by atoms with E-state index in [-0.39, 0.29) is 23.6 Å². The van der Waals surface area contributed by atoms with Gasteiger partial charge in [0.1, 0.15) is 18.1 Å². The number of nitrogens with zero attached hydrogens (tertiary/aromatic N) is 1. The highest BCUT2D eigenvalue weighted by molar-refractivity contribution is 6.00. The van der Waals surface area contributed by atoms with E-state index in [0.29, 0.717) is 36.5 Å². The molecule has 0 aliphatic heterocycles. The van der Waals surface area contributed by atoms with Crippen molar-refractivity contribution in [1.29, 1.82) is 0 Å². The third kappa shape index (κ3) is 7.55. The number of carbonyl (C=O) groups is 2. The molecule has 1 amide bonds. The molecule has 200 valence electrons. The van der Waals surface area contributed by atoms with Gasteiger partial charge in [0.05, 0.1) is 30.4 Å². The van der Waals surface area contributed by atoms with E-state index in [0.717, 1.165) is 29.7 Å². The van der Waals surface area contributed by atoms with Crippen molar-refractivity contribution in [2.45, 2.75) is 58.5 Å². The molecular formula is C30H34N2O6. The molecule has 0 spiro atoms. The highest BCUT2D eigenvalue weighted by atomic mass is 16.5. The van der Waals surface area contributed by atoms with Crippen molar-refractivity contribution >= 4 is 17.6 Å². The van der Waals surface area contributed by atoms with Crippen LogP contribution in [0.3, 0.4) is 0 Å². The number of aryl methyl sites for hydroxylation is 2. The van der Waals surface area contributed by atoms with Crippen LogP contribution in [-0.2, 0) is 16.0 Å². The van der Waals surface area contributed by atoms with Gasteiger partial charge >= 0.3 is 5.97 Å². The minimum atomic E-state index is -1.10. The molecule has 38 heavy (non-hydrogen) atoms. The van der Waals surface area contributed by atoms with Crippen molar-refractivity contribution in [3.05, 3.63) is 77.0 Å². The van der Waals surface area contributed by atoms with Gasteiger partial charge in [-0.1, -0.05) is 37.5 Å². The lowest BCUT2D eigenvalue weighted by Gasteiger charge is -2.22. The second kappa shape index (κ2) is 13.1. The molecule has 2 N–H and O–H groups in total. The van der Waals surface area contributed by atoms with Crippen molar-refractivity contribution in [2.24, 2.45) is 0 Å². The number of rotatable bonds is 11. The van der Waals surface area contributed by atoms with Gasteiger partial charge in [-0.2, -0.15) is 0 Å². The first-order valence-electron chi connectivity index (χ1n) is 13.0. The maximum atomic E-state index is 12.4. The minimum absolute atomic E-state index is 0.0394. The molecule has 4 rings (SSSR count). The standard InChI is InChI=1S/C30H34N2O6/c1-20-16-24(17-21(2)29(20)37-15-14-36-23-8-4-3-5-9-23)38-28-13-12-22(19-31-28)18-27(33)32-26-11-7-6-10-25(26)30(34)35/h6-7,10-13,16-17,19,23H,3-5,8-9,14-15,18H2,1-2H3,(H,32,33)(H,34,35). The largest absolute Gasteiger partial charge is 0.491 e. The second-order valence-corrected chi connectivity index (χ2v) is 9.55. The van der Waals surface area contributed by atoms with Crippen LogP contribution in [0.2, 0.25) is 0 Å². The summed E-state index contributed by atoms with van der Waals surface area (Å²) in [7, 11) is 0. The number of benzene rings is 2. The number of nitrogens with one attached hydrogen (secondary N) is 1. The molecule has 1 saturated carbocycles. The Morgan fingerprint density at radius 1 is 1.00 bits per heavy atom. The van der Waals surface area contributed by atoms with Gasteiger partial charge in [0, 0.05) is 12.3 Å². The molecule has 1 aliphatic carbocycles. The van der Waals surface area contributed by atoms with Gasteiger partial charge in [0.15, 0.2) is 0 Å². The topological polar surface area (TPSA) is 107 Å². The quantitative estimate of drug-likeness (QED) is 0.295. The second-order valence-electron chi connectivity index (χ2n) is 9.55. The number of aromatic carboxylic acids is 1. The zero-order chi connectivity index (χ0) is 26.9. The van der Waals surface area contributed by atoms with Crippen LogP contribution in [0.15, 0.2) is 54.7 Å². The molecule has 0 unspecified atom stereocenters. The monoisotopic (exact) mass is 518 g/mol. The van der Waals surface area contributed by atoms with E-state index in [4.69, 9.17) is 14.2 Å². The van der Waals surface area contributed by atoms with Gasteiger partial charge < -0.3 is 24.6 Å². The van der Waals surface area contributed by atoms with Crippen LogP contribution in [-0.4, -0.2) is 41.3 Å². The molecule has 0 radical (unpaired) electrons. The van der Waals surface area contributed by atoms with Gasteiger partial charge in [0.2, 0.25) is 11.8 Å². The number of carboxylic acid groups (broad SMARTS) is 1. The Morgan fingerprint density at radius 2 is 1.74 bits per heavy atom. The highest BCUT2D eigenvalue weighted by Gasteiger charge is 2.15. The van der Waals surface area contributed by atoms with E-state index < -0.39 is 5.97 Å². The van der Waals surface area contributed by atoms with Gasteiger partial charge in [-0.05, 0) is 67.6 Å². The fraction of sp³-hybridized carbons (Fsp3) is 0.367. The van der Waals surface area contributed by atoms with Gasteiger partial charge in [-0.25, -0.2) is 9.78 Å². The average molecular weight is 519 g/mol.